The molecule has 2 aromatic carbocycles. The zero-order valence-corrected chi connectivity index (χ0v) is 11.9. The highest BCUT2D eigenvalue weighted by molar-refractivity contribution is 5.84. The molecule has 0 bridgehead atoms. The predicted octanol–water partition coefficient (Wildman–Crippen LogP) is 1.65. The first-order valence-electron chi connectivity index (χ1n) is 6.64. The van der Waals surface area contributed by atoms with Crippen molar-refractivity contribution in [1.82, 2.24) is 20.2 Å². The number of fused-ring (bicyclic) bond motifs is 1. The van der Waals surface area contributed by atoms with Gasteiger partial charge in [-0.05, 0) is 39.7 Å². The highest BCUT2D eigenvalue weighted by Gasteiger charge is 2.12. The van der Waals surface area contributed by atoms with Crippen LogP contribution in [-0.2, 0) is 13.5 Å². The molecule has 1 N–H and O–H groups in total. The standard InChI is InChI=1S/C15H16N4O2/c1-19-17-15(16-18-19)9-14(20)12-4-3-11-8-13(21-2)6-5-10(11)7-12/h3-8,14,20H,9H2,1-2H3. The van der Waals surface area contributed by atoms with Crippen molar-refractivity contribution < 1.29 is 9.84 Å². The van der Waals surface area contributed by atoms with Crippen LogP contribution in [0.15, 0.2) is 36.4 Å². The topological polar surface area (TPSA) is 73.1 Å². The molecule has 1 atom stereocenters. The van der Waals surface area contributed by atoms with Crippen molar-refractivity contribution in [3.63, 3.8) is 0 Å². The largest absolute Gasteiger partial charge is 0.497 e. The molecule has 0 saturated heterocycles. The number of aromatic nitrogens is 4. The van der Waals surface area contributed by atoms with Crippen LogP contribution in [0.3, 0.4) is 0 Å². The number of aryl methyl sites for hydroxylation is 1. The van der Waals surface area contributed by atoms with Gasteiger partial charge < -0.3 is 9.84 Å². The number of tetrazole rings is 1. The monoisotopic (exact) mass is 284 g/mol. The van der Waals surface area contributed by atoms with Crippen LogP contribution in [0.1, 0.15) is 17.5 Å². The fraction of sp³-hybridized carbons (Fsp3) is 0.267. The molecule has 0 spiro atoms. The molecular weight excluding hydrogens is 268 g/mol. The van der Waals surface area contributed by atoms with E-state index in [0.29, 0.717) is 12.2 Å². The van der Waals surface area contributed by atoms with E-state index in [1.165, 1.54) is 4.80 Å². The quantitative estimate of drug-likeness (QED) is 0.788. The number of hydrogen-bond acceptors (Lipinski definition) is 5. The van der Waals surface area contributed by atoms with Gasteiger partial charge in [0.25, 0.3) is 0 Å². The maximum Gasteiger partial charge on any atom is 0.177 e. The molecule has 0 aliphatic heterocycles. The minimum Gasteiger partial charge on any atom is -0.497 e. The Morgan fingerprint density at radius 2 is 1.95 bits per heavy atom. The van der Waals surface area contributed by atoms with E-state index < -0.39 is 6.10 Å². The van der Waals surface area contributed by atoms with Crippen LogP contribution in [-0.4, -0.2) is 32.4 Å². The molecule has 0 amide bonds. The number of nitrogens with zero attached hydrogens (tertiary/aromatic N) is 4. The number of aliphatic hydroxyl groups excluding tert-OH is 1. The SMILES string of the molecule is COc1ccc2cc(C(O)Cc3nnn(C)n3)ccc2c1. The lowest BCUT2D eigenvalue weighted by Gasteiger charge is -2.10. The third kappa shape index (κ3) is 2.85. The molecule has 0 aliphatic rings. The van der Waals surface area contributed by atoms with Crippen molar-refractivity contribution in [1.29, 1.82) is 0 Å². The van der Waals surface area contributed by atoms with Crippen molar-refractivity contribution in [2.75, 3.05) is 7.11 Å². The van der Waals surface area contributed by atoms with E-state index in [0.717, 1.165) is 22.1 Å². The Balaban J connectivity index is 1.86. The summed E-state index contributed by atoms with van der Waals surface area (Å²) in [6.45, 7) is 0. The molecule has 3 aromatic rings. The molecule has 6 nitrogen and oxygen atoms in total. The van der Waals surface area contributed by atoms with Crippen LogP contribution in [0.4, 0.5) is 0 Å². The van der Waals surface area contributed by atoms with Gasteiger partial charge in [-0.15, -0.1) is 10.2 Å². The Labute approximate surface area is 122 Å². The molecule has 1 aromatic heterocycles. The maximum atomic E-state index is 10.3. The van der Waals surface area contributed by atoms with Crippen molar-refractivity contribution in [2.24, 2.45) is 7.05 Å². The molecule has 21 heavy (non-hydrogen) atoms. The first-order chi connectivity index (χ1) is 10.2. The molecule has 0 aliphatic carbocycles. The van der Waals surface area contributed by atoms with Gasteiger partial charge in [-0.25, -0.2) is 0 Å². The second kappa shape index (κ2) is 5.49. The second-order valence-electron chi connectivity index (χ2n) is 4.89. The van der Waals surface area contributed by atoms with Crippen LogP contribution in [0, 0.1) is 0 Å². The second-order valence-corrected chi connectivity index (χ2v) is 4.89. The van der Waals surface area contributed by atoms with E-state index in [1.54, 1.807) is 14.2 Å². The molecule has 0 fully saturated rings. The number of aliphatic hydroxyl groups is 1. The summed E-state index contributed by atoms with van der Waals surface area (Å²) < 4.78 is 5.21. The minimum absolute atomic E-state index is 0.343. The molecule has 1 heterocycles. The molecular formula is C15H16N4O2. The van der Waals surface area contributed by atoms with Gasteiger partial charge in [0.2, 0.25) is 0 Å². The molecule has 3 rings (SSSR count). The van der Waals surface area contributed by atoms with Gasteiger partial charge in [-0.2, -0.15) is 4.80 Å². The average Bonchev–Trinajstić information content (AvgIpc) is 2.91. The third-order valence-corrected chi connectivity index (χ3v) is 3.38. The predicted molar refractivity (Wildman–Crippen MR) is 78.0 cm³/mol. The van der Waals surface area contributed by atoms with Gasteiger partial charge in [0.15, 0.2) is 5.82 Å². The maximum absolute atomic E-state index is 10.3. The van der Waals surface area contributed by atoms with Gasteiger partial charge in [-0.1, -0.05) is 18.2 Å². The summed E-state index contributed by atoms with van der Waals surface area (Å²) in [6, 6.07) is 11.7. The Bertz CT molecular complexity index is 769. The van der Waals surface area contributed by atoms with E-state index in [2.05, 4.69) is 15.4 Å². The lowest BCUT2D eigenvalue weighted by atomic mass is 10.0. The van der Waals surface area contributed by atoms with Gasteiger partial charge in [0.05, 0.1) is 20.3 Å². The number of ether oxygens (including phenoxy) is 1. The van der Waals surface area contributed by atoms with Crippen LogP contribution < -0.4 is 4.74 Å². The van der Waals surface area contributed by atoms with Gasteiger partial charge >= 0.3 is 0 Å². The summed E-state index contributed by atoms with van der Waals surface area (Å²) in [7, 11) is 3.35. The van der Waals surface area contributed by atoms with Crippen LogP contribution in [0.5, 0.6) is 5.75 Å². The summed E-state index contributed by atoms with van der Waals surface area (Å²) in [5, 5.41) is 24.2. The zero-order chi connectivity index (χ0) is 14.8. The first kappa shape index (κ1) is 13.5. The van der Waals surface area contributed by atoms with E-state index in [-0.39, 0.29) is 0 Å². The highest BCUT2D eigenvalue weighted by Crippen LogP contribution is 2.25. The summed E-state index contributed by atoms with van der Waals surface area (Å²) in [5.41, 5.74) is 0.833. The van der Waals surface area contributed by atoms with E-state index in [9.17, 15) is 5.11 Å². The minimum atomic E-state index is -0.652. The lowest BCUT2D eigenvalue weighted by Crippen LogP contribution is -2.04. The summed E-state index contributed by atoms with van der Waals surface area (Å²) in [4.78, 5) is 1.38. The van der Waals surface area contributed by atoms with Gasteiger partial charge in [0, 0.05) is 6.42 Å². The van der Waals surface area contributed by atoms with Crippen LogP contribution in [0.25, 0.3) is 10.8 Å². The number of methoxy groups -OCH3 is 1. The Kier molecular flexibility index (Phi) is 3.53. The zero-order valence-electron chi connectivity index (χ0n) is 11.9. The molecule has 1 unspecified atom stereocenters. The van der Waals surface area contributed by atoms with Crippen LogP contribution in [0.2, 0.25) is 0 Å². The van der Waals surface area contributed by atoms with Crippen LogP contribution >= 0.6 is 0 Å². The van der Waals surface area contributed by atoms with Crippen molar-refractivity contribution in [3.05, 3.63) is 47.8 Å². The van der Waals surface area contributed by atoms with Crippen molar-refractivity contribution >= 4 is 10.8 Å². The molecule has 0 saturated carbocycles. The van der Waals surface area contributed by atoms with Crippen molar-refractivity contribution in [3.8, 4) is 5.75 Å². The third-order valence-electron chi connectivity index (χ3n) is 3.38. The summed E-state index contributed by atoms with van der Waals surface area (Å²) in [5.74, 6) is 1.35. The first-order valence-corrected chi connectivity index (χ1v) is 6.64. The Morgan fingerprint density at radius 1 is 1.19 bits per heavy atom. The number of hydrogen-bond donors (Lipinski definition) is 1. The van der Waals surface area contributed by atoms with Gasteiger partial charge in [0.1, 0.15) is 5.75 Å². The average molecular weight is 284 g/mol. The number of rotatable bonds is 4. The Hall–Kier alpha value is -2.47. The smallest absolute Gasteiger partial charge is 0.177 e. The molecule has 6 heteroatoms. The van der Waals surface area contributed by atoms with Gasteiger partial charge in [-0.3, -0.25) is 0 Å². The van der Waals surface area contributed by atoms with E-state index in [4.69, 9.17) is 4.74 Å². The normalized spacial score (nSPS) is 12.5. The fourth-order valence-corrected chi connectivity index (χ4v) is 2.27. The highest BCUT2D eigenvalue weighted by atomic mass is 16.5. The van der Waals surface area contributed by atoms with Crippen molar-refractivity contribution in [2.45, 2.75) is 12.5 Å². The molecule has 0 radical (unpaired) electrons. The fourth-order valence-electron chi connectivity index (χ4n) is 2.27. The summed E-state index contributed by atoms with van der Waals surface area (Å²) >= 11 is 0. The Morgan fingerprint density at radius 3 is 2.67 bits per heavy atom. The summed E-state index contributed by atoms with van der Waals surface area (Å²) in [6.07, 6.45) is -0.309. The lowest BCUT2D eigenvalue weighted by molar-refractivity contribution is 0.176. The van der Waals surface area contributed by atoms with E-state index >= 15 is 0 Å². The van der Waals surface area contributed by atoms with E-state index in [1.807, 2.05) is 36.4 Å². The number of benzene rings is 2. The molecule has 108 valence electrons.